The topological polar surface area (TPSA) is 58.8 Å². The highest BCUT2D eigenvalue weighted by Gasteiger charge is 2.29. The molecular formula is C15H25N3O3. The van der Waals surface area contributed by atoms with Crippen molar-refractivity contribution in [3.63, 3.8) is 0 Å². The number of amides is 1. The van der Waals surface area contributed by atoms with Crippen LogP contribution in [0.5, 0.6) is 0 Å². The summed E-state index contributed by atoms with van der Waals surface area (Å²) in [6, 6.07) is 0.247. The molecule has 1 aliphatic heterocycles. The second kappa shape index (κ2) is 7.56. The molecule has 1 atom stereocenters. The van der Waals surface area contributed by atoms with Gasteiger partial charge in [0.05, 0.1) is 12.7 Å². The molecule has 0 saturated carbocycles. The van der Waals surface area contributed by atoms with Crippen molar-refractivity contribution in [2.45, 2.75) is 39.3 Å². The third-order valence-electron chi connectivity index (χ3n) is 3.89. The Morgan fingerprint density at radius 1 is 1.62 bits per heavy atom. The van der Waals surface area contributed by atoms with Crippen LogP contribution in [0.25, 0.3) is 0 Å². The number of oxazole rings is 1. The Morgan fingerprint density at radius 2 is 2.43 bits per heavy atom. The van der Waals surface area contributed by atoms with Crippen molar-refractivity contribution in [2.24, 2.45) is 0 Å². The predicted molar refractivity (Wildman–Crippen MR) is 78.8 cm³/mol. The Hall–Kier alpha value is -1.40. The molecule has 1 aromatic heterocycles. The number of methoxy groups -OCH3 is 1. The summed E-state index contributed by atoms with van der Waals surface area (Å²) in [5, 5.41) is 0. The van der Waals surface area contributed by atoms with Crippen molar-refractivity contribution in [2.75, 3.05) is 33.4 Å². The summed E-state index contributed by atoms with van der Waals surface area (Å²) in [5.41, 5.74) is 0. The highest BCUT2D eigenvalue weighted by atomic mass is 16.5. The number of aryl methyl sites for hydroxylation is 1. The van der Waals surface area contributed by atoms with Gasteiger partial charge in [0.1, 0.15) is 5.76 Å². The Balaban J connectivity index is 1.89. The van der Waals surface area contributed by atoms with Crippen molar-refractivity contribution in [1.29, 1.82) is 0 Å². The minimum atomic E-state index is 0.0783. The maximum Gasteiger partial charge on any atom is 0.220 e. The van der Waals surface area contributed by atoms with Crippen LogP contribution in [0.4, 0.5) is 0 Å². The van der Waals surface area contributed by atoms with Crippen LogP contribution in [0.1, 0.15) is 31.4 Å². The molecule has 0 aliphatic carbocycles. The number of carbonyl (C=O) groups is 1. The number of aromatic nitrogens is 1. The van der Waals surface area contributed by atoms with Crippen molar-refractivity contribution >= 4 is 5.91 Å². The monoisotopic (exact) mass is 295 g/mol. The van der Waals surface area contributed by atoms with Gasteiger partial charge in [0.15, 0.2) is 0 Å². The zero-order chi connectivity index (χ0) is 15.2. The number of ether oxygens (including phenoxy) is 1. The molecule has 6 heteroatoms. The van der Waals surface area contributed by atoms with E-state index in [0.29, 0.717) is 12.4 Å². The van der Waals surface area contributed by atoms with E-state index in [1.54, 1.807) is 20.2 Å². The lowest BCUT2D eigenvalue weighted by Crippen LogP contribution is -2.40. The summed E-state index contributed by atoms with van der Waals surface area (Å²) in [7, 11) is 1.72. The van der Waals surface area contributed by atoms with E-state index >= 15 is 0 Å². The number of likely N-dealkylation sites (tertiary alicyclic amines) is 1. The van der Waals surface area contributed by atoms with Crippen LogP contribution in [0.15, 0.2) is 10.6 Å². The molecule has 1 fully saturated rings. The van der Waals surface area contributed by atoms with Gasteiger partial charge in [-0.15, -0.1) is 0 Å². The van der Waals surface area contributed by atoms with Gasteiger partial charge >= 0.3 is 0 Å². The van der Waals surface area contributed by atoms with Crippen LogP contribution in [-0.4, -0.2) is 60.1 Å². The van der Waals surface area contributed by atoms with Gasteiger partial charge in [-0.05, 0) is 19.8 Å². The first-order chi connectivity index (χ1) is 10.1. The fourth-order valence-corrected chi connectivity index (χ4v) is 2.82. The summed E-state index contributed by atoms with van der Waals surface area (Å²) < 4.78 is 10.6. The van der Waals surface area contributed by atoms with Gasteiger partial charge in [0, 0.05) is 46.3 Å². The van der Waals surface area contributed by atoms with E-state index in [4.69, 9.17) is 9.15 Å². The maximum absolute atomic E-state index is 11.9. The average molecular weight is 295 g/mol. The Kier molecular flexibility index (Phi) is 5.76. The molecule has 118 valence electrons. The number of rotatable bonds is 7. The van der Waals surface area contributed by atoms with Gasteiger partial charge < -0.3 is 19.0 Å². The van der Waals surface area contributed by atoms with E-state index in [0.717, 1.165) is 44.8 Å². The fraction of sp³-hybridized carbons (Fsp3) is 0.733. The second-order valence-electron chi connectivity index (χ2n) is 5.60. The standard InChI is InChI=1S/C15H25N3O3/c1-12-9-16-15(21-12)11-18(13(2)19)14-5-7-17(10-14)6-4-8-20-3/h9,14H,4-8,10-11H2,1-3H3. The molecule has 1 unspecified atom stereocenters. The smallest absolute Gasteiger partial charge is 0.220 e. The van der Waals surface area contributed by atoms with Crippen LogP contribution in [0, 0.1) is 6.92 Å². The summed E-state index contributed by atoms with van der Waals surface area (Å²) >= 11 is 0. The van der Waals surface area contributed by atoms with E-state index in [2.05, 4.69) is 9.88 Å². The molecule has 0 N–H and O–H groups in total. The first-order valence-electron chi connectivity index (χ1n) is 7.50. The Bertz CT molecular complexity index is 461. The average Bonchev–Trinajstić information content (AvgIpc) is 3.05. The zero-order valence-corrected chi connectivity index (χ0v) is 13.2. The van der Waals surface area contributed by atoms with Crippen LogP contribution in [0.3, 0.4) is 0 Å². The van der Waals surface area contributed by atoms with Gasteiger partial charge in [0.2, 0.25) is 11.8 Å². The Labute approximate surface area is 126 Å². The quantitative estimate of drug-likeness (QED) is 0.712. The number of hydrogen-bond donors (Lipinski definition) is 0. The molecule has 0 radical (unpaired) electrons. The summed E-state index contributed by atoms with van der Waals surface area (Å²) in [5.74, 6) is 1.47. The van der Waals surface area contributed by atoms with E-state index in [9.17, 15) is 4.79 Å². The Morgan fingerprint density at radius 3 is 3.05 bits per heavy atom. The number of nitrogens with zero attached hydrogens (tertiary/aromatic N) is 3. The highest BCUT2D eigenvalue weighted by Crippen LogP contribution is 2.18. The minimum Gasteiger partial charge on any atom is -0.444 e. The molecule has 1 aromatic rings. The molecule has 1 aliphatic rings. The van der Waals surface area contributed by atoms with E-state index in [1.807, 2.05) is 11.8 Å². The third-order valence-corrected chi connectivity index (χ3v) is 3.89. The van der Waals surface area contributed by atoms with Gasteiger partial charge in [-0.25, -0.2) is 4.98 Å². The zero-order valence-electron chi connectivity index (χ0n) is 13.2. The summed E-state index contributed by atoms with van der Waals surface area (Å²) in [6.45, 7) is 7.69. The van der Waals surface area contributed by atoms with Gasteiger partial charge in [-0.2, -0.15) is 0 Å². The second-order valence-corrected chi connectivity index (χ2v) is 5.60. The lowest BCUT2D eigenvalue weighted by atomic mass is 10.2. The molecule has 6 nitrogen and oxygen atoms in total. The fourth-order valence-electron chi connectivity index (χ4n) is 2.82. The third kappa shape index (κ3) is 4.54. The molecule has 21 heavy (non-hydrogen) atoms. The maximum atomic E-state index is 11.9. The van der Waals surface area contributed by atoms with E-state index in [-0.39, 0.29) is 11.9 Å². The molecule has 2 heterocycles. The van der Waals surface area contributed by atoms with Gasteiger partial charge in [0.25, 0.3) is 0 Å². The van der Waals surface area contributed by atoms with Gasteiger partial charge in [-0.1, -0.05) is 0 Å². The molecule has 0 bridgehead atoms. The van der Waals surface area contributed by atoms with E-state index < -0.39 is 0 Å². The minimum absolute atomic E-state index is 0.0783. The lowest BCUT2D eigenvalue weighted by Gasteiger charge is -2.27. The highest BCUT2D eigenvalue weighted by molar-refractivity contribution is 5.73. The SMILES string of the molecule is COCCCN1CCC(N(Cc2ncc(C)o2)C(C)=O)C1. The van der Waals surface area contributed by atoms with Crippen molar-refractivity contribution in [3.05, 3.63) is 17.8 Å². The predicted octanol–water partition coefficient (Wildman–Crippen LogP) is 1.44. The normalized spacial score (nSPS) is 19.1. The van der Waals surface area contributed by atoms with Crippen LogP contribution in [-0.2, 0) is 16.1 Å². The van der Waals surface area contributed by atoms with E-state index in [1.165, 1.54) is 0 Å². The van der Waals surface area contributed by atoms with Crippen molar-refractivity contribution in [3.8, 4) is 0 Å². The van der Waals surface area contributed by atoms with Crippen molar-refractivity contribution in [1.82, 2.24) is 14.8 Å². The first-order valence-corrected chi connectivity index (χ1v) is 7.50. The number of hydrogen-bond acceptors (Lipinski definition) is 5. The van der Waals surface area contributed by atoms with Crippen LogP contribution >= 0.6 is 0 Å². The molecule has 2 rings (SSSR count). The molecule has 1 amide bonds. The lowest BCUT2D eigenvalue weighted by molar-refractivity contribution is -0.132. The van der Waals surface area contributed by atoms with Crippen molar-refractivity contribution < 1.29 is 13.9 Å². The number of carbonyl (C=O) groups excluding carboxylic acids is 1. The molecule has 1 saturated heterocycles. The van der Waals surface area contributed by atoms with Crippen LogP contribution in [0.2, 0.25) is 0 Å². The molecule has 0 spiro atoms. The molecule has 0 aromatic carbocycles. The largest absolute Gasteiger partial charge is 0.444 e. The summed E-state index contributed by atoms with van der Waals surface area (Å²) in [4.78, 5) is 20.4. The molecular weight excluding hydrogens is 270 g/mol. The van der Waals surface area contributed by atoms with Gasteiger partial charge in [-0.3, -0.25) is 4.79 Å². The first kappa shape index (κ1) is 16.0. The summed E-state index contributed by atoms with van der Waals surface area (Å²) in [6.07, 6.45) is 3.73. The van der Waals surface area contributed by atoms with Crippen LogP contribution < -0.4 is 0 Å².